The number of nitrogens with zero attached hydrogens (tertiary/aromatic N) is 1. The molecule has 1 heterocycles. The highest BCUT2D eigenvalue weighted by atomic mass is 31.2. The van der Waals surface area contributed by atoms with E-state index in [1.54, 1.807) is 4.90 Å². The molecule has 0 aromatic carbocycles. The molecule has 1 fully saturated rings. The number of phosphoric acid groups is 1. The molecule has 0 aliphatic carbocycles. The summed E-state index contributed by atoms with van der Waals surface area (Å²) in [6.07, 6.45) is 1.29. The molecular weight excluding hydrogens is 394 g/mol. The standard InChI is InChI=1S/C15H28FN2O7P.C2H6/c1-24-26(22,23)25-11-12-6-8-18(9-13(12)10-19)14(20)5-3-2-4-7-17-15(16)21;1-2/h12-13,19H,2-11H2,1H3,(H,17,21)(H,22,23);1-2H3. The number of nitrogens with one attached hydrogen (secondary N) is 1. The van der Waals surface area contributed by atoms with Gasteiger partial charge in [0.25, 0.3) is 0 Å². The third-order valence-electron chi connectivity index (χ3n) is 4.49. The molecule has 0 saturated carbocycles. The van der Waals surface area contributed by atoms with Crippen molar-refractivity contribution in [1.29, 1.82) is 0 Å². The summed E-state index contributed by atoms with van der Waals surface area (Å²) < 4.78 is 32.6. The number of amides is 2. The lowest BCUT2D eigenvalue weighted by atomic mass is 9.86. The van der Waals surface area contributed by atoms with Crippen LogP contribution < -0.4 is 5.32 Å². The first-order chi connectivity index (χ1) is 13.3. The van der Waals surface area contributed by atoms with E-state index in [4.69, 9.17) is 4.52 Å². The molecular formula is C17H34FN2O7P. The number of aliphatic hydroxyl groups is 1. The molecule has 0 aromatic rings. The molecule has 1 saturated heterocycles. The number of unbranched alkanes of at least 4 members (excludes halogenated alkanes) is 2. The molecule has 0 spiro atoms. The normalized spacial score (nSPS) is 21.3. The van der Waals surface area contributed by atoms with Gasteiger partial charge < -0.3 is 20.2 Å². The summed E-state index contributed by atoms with van der Waals surface area (Å²) in [5.41, 5.74) is 0. The zero-order chi connectivity index (χ0) is 21.6. The molecule has 1 aliphatic rings. The Labute approximate surface area is 166 Å². The van der Waals surface area contributed by atoms with Crippen LogP contribution in [0.25, 0.3) is 0 Å². The van der Waals surface area contributed by atoms with E-state index in [1.165, 1.54) is 0 Å². The Bertz CT molecular complexity index is 510. The molecule has 9 nitrogen and oxygen atoms in total. The first-order valence-electron chi connectivity index (χ1n) is 9.64. The summed E-state index contributed by atoms with van der Waals surface area (Å²) in [6.45, 7) is 4.93. The van der Waals surface area contributed by atoms with Gasteiger partial charge in [-0.25, -0.2) is 9.36 Å². The van der Waals surface area contributed by atoms with Crippen LogP contribution in [-0.2, 0) is 18.4 Å². The average molecular weight is 428 g/mol. The summed E-state index contributed by atoms with van der Waals surface area (Å²) in [5.74, 6) is -0.393. The maximum atomic E-state index is 12.2. The Morgan fingerprint density at radius 1 is 1.25 bits per heavy atom. The molecule has 3 atom stereocenters. The van der Waals surface area contributed by atoms with Crippen LogP contribution in [0.4, 0.5) is 9.18 Å². The number of hydrogen-bond acceptors (Lipinski definition) is 6. The maximum absolute atomic E-state index is 12.2. The van der Waals surface area contributed by atoms with E-state index in [0.717, 1.165) is 7.11 Å². The average Bonchev–Trinajstić information content (AvgIpc) is 2.70. The molecule has 1 rings (SSSR count). The lowest BCUT2D eigenvalue weighted by molar-refractivity contribution is -0.134. The predicted molar refractivity (Wildman–Crippen MR) is 102 cm³/mol. The van der Waals surface area contributed by atoms with Crippen molar-refractivity contribution in [2.75, 3.05) is 40.0 Å². The van der Waals surface area contributed by atoms with E-state index in [9.17, 15) is 28.5 Å². The van der Waals surface area contributed by atoms with Gasteiger partial charge in [-0.15, -0.1) is 4.39 Å². The number of phosphoric ester groups is 1. The van der Waals surface area contributed by atoms with Crippen molar-refractivity contribution < 1.29 is 37.6 Å². The van der Waals surface area contributed by atoms with E-state index in [2.05, 4.69) is 9.84 Å². The van der Waals surface area contributed by atoms with Crippen LogP contribution in [0, 0.1) is 11.8 Å². The second kappa shape index (κ2) is 14.9. The van der Waals surface area contributed by atoms with E-state index in [-0.39, 0.29) is 37.5 Å². The van der Waals surface area contributed by atoms with Gasteiger partial charge in [0.15, 0.2) is 0 Å². The third kappa shape index (κ3) is 11.1. The van der Waals surface area contributed by atoms with Crippen molar-refractivity contribution in [3.8, 4) is 0 Å². The minimum atomic E-state index is -4.05. The summed E-state index contributed by atoms with van der Waals surface area (Å²) in [7, 11) is -2.97. The molecule has 3 N–H and O–H groups in total. The van der Waals surface area contributed by atoms with Gasteiger partial charge in [0, 0.05) is 45.7 Å². The number of piperidine rings is 1. The van der Waals surface area contributed by atoms with Gasteiger partial charge in [0.05, 0.1) is 6.61 Å². The zero-order valence-corrected chi connectivity index (χ0v) is 17.8. The summed E-state index contributed by atoms with van der Waals surface area (Å²) in [5, 5.41) is 11.6. The van der Waals surface area contributed by atoms with Gasteiger partial charge in [-0.2, -0.15) is 0 Å². The third-order valence-corrected chi connectivity index (χ3v) is 5.43. The van der Waals surface area contributed by atoms with E-state index >= 15 is 0 Å². The largest absolute Gasteiger partial charge is 0.471 e. The highest BCUT2D eigenvalue weighted by molar-refractivity contribution is 7.47. The molecule has 3 unspecified atom stereocenters. The van der Waals surface area contributed by atoms with Crippen molar-refractivity contribution >= 4 is 19.9 Å². The quantitative estimate of drug-likeness (QED) is 0.200. The number of aliphatic hydroxyl groups excluding tert-OH is 1. The van der Waals surface area contributed by atoms with Crippen molar-refractivity contribution in [3.05, 3.63) is 0 Å². The maximum Gasteiger partial charge on any atom is 0.471 e. The Hall–Kier alpha value is -1.06. The second-order valence-electron chi connectivity index (χ2n) is 6.29. The lowest BCUT2D eigenvalue weighted by Gasteiger charge is -2.37. The van der Waals surface area contributed by atoms with Gasteiger partial charge in [-0.05, 0) is 25.2 Å². The minimum absolute atomic E-state index is 0.0187. The molecule has 0 radical (unpaired) electrons. The second-order valence-corrected chi connectivity index (χ2v) is 7.85. The first kappa shape index (κ1) is 26.9. The van der Waals surface area contributed by atoms with Crippen LogP contribution in [0.2, 0.25) is 0 Å². The highest BCUT2D eigenvalue weighted by Gasteiger charge is 2.33. The monoisotopic (exact) mass is 428 g/mol. The van der Waals surface area contributed by atoms with E-state index in [0.29, 0.717) is 45.2 Å². The van der Waals surface area contributed by atoms with Crippen LogP contribution in [0.5, 0.6) is 0 Å². The molecule has 0 bridgehead atoms. The van der Waals surface area contributed by atoms with Crippen LogP contribution in [0.1, 0.15) is 46.0 Å². The number of carbonyl (C=O) groups excluding carboxylic acids is 2. The molecule has 0 aromatic heterocycles. The molecule has 2 amide bonds. The van der Waals surface area contributed by atoms with Crippen LogP contribution in [-0.4, -0.2) is 66.9 Å². The fourth-order valence-electron chi connectivity index (χ4n) is 2.90. The zero-order valence-electron chi connectivity index (χ0n) is 16.9. The van der Waals surface area contributed by atoms with Crippen LogP contribution in [0.15, 0.2) is 0 Å². The summed E-state index contributed by atoms with van der Waals surface area (Å²) in [6, 6.07) is 0. The fraction of sp³-hybridized carbons (Fsp3) is 0.882. The van der Waals surface area contributed by atoms with E-state index < -0.39 is 14.0 Å². The van der Waals surface area contributed by atoms with Gasteiger partial charge in [-0.3, -0.25) is 13.8 Å². The summed E-state index contributed by atoms with van der Waals surface area (Å²) >= 11 is 0. The SMILES string of the molecule is CC.COP(=O)(O)OCC1CCN(C(=O)CCCCCNC(=O)F)CC1CO. The first-order valence-corrected chi connectivity index (χ1v) is 11.1. The lowest BCUT2D eigenvalue weighted by Crippen LogP contribution is -2.46. The Morgan fingerprint density at radius 3 is 2.50 bits per heavy atom. The number of rotatable bonds is 11. The minimum Gasteiger partial charge on any atom is -0.396 e. The smallest absolute Gasteiger partial charge is 0.396 e. The predicted octanol–water partition coefficient (Wildman–Crippen LogP) is 2.47. The van der Waals surface area contributed by atoms with Crippen molar-refractivity contribution in [2.24, 2.45) is 11.8 Å². The number of likely N-dealkylation sites (tertiary alicyclic amines) is 1. The Balaban J connectivity index is 0.00000352. The van der Waals surface area contributed by atoms with Crippen LogP contribution >= 0.6 is 7.82 Å². The fourth-order valence-corrected chi connectivity index (χ4v) is 3.38. The number of hydrogen-bond donors (Lipinski definition) is 3. The van der Waals surface area contributed by atoms with Crippen molar-refractivity contribution in [3.63, 3.8) is 0 Å². The molecule has 28 heavy (non-hydrogen) atoms. The van der Waals surface area contributed by atoms with Gasteiger partial charge >= 0.3 is 14.0 Å². The van der Waals surface area contributed by atoms with Crippen LogP contribution in [0.3, 0.4) is 0 Å². The van der Waals surface area contributed by atoms with Gasteiger partial charge in [0.2, 0.25) is 5.91 Å². The summed E-state index contributed by atoms with van der Waals surface area (Å²) in [4.78, 5) is 33.3. The molecule has 1 aliphatic heterocycles. The van der Waals surface area contributed by atoms with Gasteiger partial charge in [-0.1, -0.05) is 20.3 Å². The van der Waals surface area contributed by atoms with Crippen molar-refractivity contribution in [1.82, 2.24) is 10.2 Å². The van der Waals surface area contributed by atoms with E-state index in [1.807, 2.05) is 13.8 Å². The number of carbonyl (C=O) groups is 2. The highest BCUT2D eigenvalue weighted by Crippen LogP contribution is 2.43. The topological polar surface area (TPSA) is 125 Å². The Morgan fingerprint density at radius 2 is 1.93 bits per heavy atom. The molecule has 11 heteroatoms. The van der Waals surface area contributed by atoms with Crippen molar-refractivity contribution in [2.45, 2.75) is 46.0 Å². The van der Waals surface area contributed by atoms with Gasteiger partial charge in [0.1, 0.15) is 0 Å². The number of halogens is 1. The molecule has 166 valence electrons. The Kier molecular flexibility index (Phi) is 14.3.